The van der Waals surface area contributed by atoms with Crippen molar-refractivity contribution in [3.8, 4) is 0 Å². The summed E-state index contributed by atoms with van der Waals surface area (Å²) in [5.74, 6) is 0. The van der Waals surface area contributed by atoms with Crippen molar-refractivity contribution in [1.29, 1.82) is 0 Å². The van der Waals surface area contributed by atoms with Crippen molar-refractivity contribution in [2.24, 2.45) is 0 Å². The third-order valence-corrected chi connectivity index (χ3v) is 4.44. The topological polar surface area (TPSA) is 42.2 Å². The molecule has 0 saturated heterocycles. The Morgan fingerprint density at radius 2 is 2.05 bits per heavy atom. The van der Waals surface area contributed by atoms with Crippen molar-refractivity contribution in [3.63, 3.8) is 0 Å². The van der Waals surface area contributed by atoms with E-state index in [1.807, 2.05) is 30.5 Å². The van der Waals surface area contributed by atoms with Gasteiger partial charge in [-0.3, -0.25) is 0 Å². The van der Waals surface area contributed by atoms with Gasteiger partial charge in [-0.1, -0.05) is 29.5 Å². The van der Waals surface area contributed by atoms with Crippen LogP contribution in [0, 0.1) is 6.92 Å². The molecule has 0 bridgehead atoms. The van der Waals surface area contributed by atoms with Crippen LogP contribution in [0.3, 0.4) is 0 Å². The Morgan fingerprint density at radius 1 is 1.14 bits per heavy atom. The summed E-state index contributed by atoms with van der Waals surface area (Å²) in [6, 6.07) is 12.3. The number of fused-ring (bicyclic) bond motifs is 2. The Kier molecular flexibility index (Phi) is 2.86. The molecule has 0 fully saturated rings. The summed E-state index contributed by atoms with van der Waals surface area (Å²) in [6.45, 7) is 2.76. The molecule has 1 aromatic carbocycles. The van der Waals surface area contributed by atoms with Gasteiger partial charge >= 0.3 is 0 Å². The lowest BCUT2D eigenvalue weighted by atomic mass is 10.3. The highest BCUT2D eigenvalue weighted by atomic mass is 32.1. The first kappa shape index (κ1) is 12.3. The molecule has 0 aliphatic rings. The van der Waals surface area contributed by atoms with Gasteiger partial charge in [0.25, 0.3) is 0 Å². The third-order valence-electron chi connectivity index (χ3n) is 3.44. The smallest absolute Gasteiger partial charge is 0.184 e. The number of rotatable bonds is 3. The van der Waals surface area contributed by atoms with Crippen LogP contribution in [0.5, 0.6) is 0 Å². The molecule has 0 amide bonds. The average Bonchev–Trinajstić information content (AvgIpc) is 3.09. The van der Waals surface area contributed by atoms with E-state index in [0.29, 0.717) is 6.54 Å². The zero-order valence-corrected chi connectivity index (χ0v) is 12.4. The van der Waals surface area contributed by atoms with Crippen LogP contribution < -0.4 is 5.32 Å². The van der Waals surface area contributed by atoms with Crippen LogP contribution in [0.25, 0.3) is 15.9 Å². The summed E-state index contributed by atoms with van der Waals surface area (Å²) >= 11 is 1.67. The van der Waals surface area contributed by atoms with Crippen molar-refractivity contribution < 1.29 is 0 Å². The largest absolute Gasteiger partial charge is 0.356 e. The first-order chi connectivity index (χ1) is 10.3. The molecule has 3 heterocycles. The maximum Gasteiger partial charge on any atom is 0.184 e. The summed E-state index contributed by atoms with van der Waals surface area (Å²) in [5.41, 5.74) is 4.25. The molecule has 0 spiro atoms. The summed E-state index contributed by atoms with van der Waals surface area (Å²) in [4.78, 5) is 9.23. The lowest BCUT2D eigenvalue weighted by Gasteiger charge is -1.97. The monoisotopic (exact) mass is 294 g/mol. The second-order valence-electron chi connectivity index (χ2n) is 4.99. The molecule has 0 aliphatic heterocycles. The zero-order chi connectivity index (χ0) is 14.2. The quantitative estimate of drug-likeness (QED) is 0.624. The second kappa shape index (κ2) is 4.86. The van der Waals surface area contributed by atoms with E-state index in [1.165, 1.54) is 10.3 Å². The van der Waals surface area contributed by atoms with Gasteiger partial charge in [0.2, 0.25) is 0 Å². The Labute approximate surface area is 126 Å². The zero-order valence-electron chi connectivity index (χ0n) is 11.6. The van der Waals surface area contributed by atoms with Crippen molar-refractivity contribution >= 4 is 32.3 Å². The standard InChI is InChI=1S/C16H14N4S/c1-11-5-4-8-20-10-12(18-15(11)20)9-17-16-19-13-6-2-3-7-14(13)21-16/h2-8,10H,9H2,1H3,(H,17,19). The summed E-state index contributed by atoms with van der Waals surface area (Å²) in [6.07, 6.45) is 4.08. The average molecular weight is 294 g/mol. The number of nitrogens with one attached hydrogen (secondary N) is 1. The lowest BCUT2D eigenvalue weighted by molar-refractivity contribution is 1.07. The maximum atomic E-state index is 4.66. The van der Waals surface area contributed by atoms with Crippen LogP contribution in [0.4, 0.5) is 5.13 Å². The molecule has 4 rings (SSSR count). The highest BCUT2D eigenvalue weighted by Crippen LogP contribution is 2.25. The van der Waals surface area contributed by atoms with E-state index in [2.05, 4.69) is 44.9 Å². The van der Waals surface area contributed by atoms with Crippen molar-refractivity contribution in [1.82, 2.24) is 14.4 Å². The molecule has 4 nitrogen and oxygen atoms in total. The Morgan fingerprint density at radius 3 is 2.90 bits per heavy atom. The van der Waals surface area contributed by atoms with Gasteiger partial charge in [-0.2, -0.15) is 0 Å². The van der Waals surface area contributed by atoms with E-state index in [1.54, 1.807) is 11.3 Å². The SMILES string of the molecule is Cc1cccn2cc(CNc3nc4ccccc4s3)nc12. The molecule has 0 aliphatic carbocycles. The lowest BCUT2D eigenvalue weighted by Crippen LogP contribution is -1.98. The Balaban J connectivity index is 1.58. The molecule has 0 unspecified atom stereocenters. The fourth-order valence-electron chi connectivity index (χ4n) is 2.40. The van der Waals surface area contributed by atoms with Gasteiger partial charge < -0.3 is 9.72 Å². The molecule has 1 N–H and O–H groups in total. The van der Waals surface area contributed by atoms with E-state index < -0.39 is 0 Å². The molecule has 3 aromatic heterocycles. The van der Waals surface area contributed by atoms with Crippen molar-refractivity contribution in [2.75, 3.05) is 5.32 Å². The van der Waals surface area contributed by atoms with Crippen molar-refractivity contribution in [3.05, 3.63) is 60.0 Å². The molecule has 5 heteroatoms. The third kappa shape index (κ3) is 2.25. The highest BCUT2D eigenvalue weighted by Gasteiger charge is 2.06. The van der Waals surface area contributed by atoms with Crippen LogP contribution in [-0.2, 0) is 6.54 Å². The highest BCUT2D eigenvalue weighted by molar-refractivity contribution is 7.22. The second-order valence-corrected chi connectivity index (χ2v) is 6.03. The van der Waals surface area contributed by atoms with Crippen LogP contribution in [0.1, 0.15) is 11.3 Å². The van der Waals surface area contributed by atoms with Crippen molar-refractivity contribution in [2.45, 2.75) is 13.5 Å². The number of hydrogen-bond acceptors (Lipinski definition) is 4. The predicted octanol–water partition coefficient (Wildman–Crippen LogP) is 3.86. The Bertz CT molecular complexity index is 889. The molecule has 4 aromatic rings. The molecule has 0 atom stereocenters. The van der Waals surface area contributed by atoms with Crippen LogP contribution >= 0.6 is 11.3 Å². The number of aromatic nitrogens is 3. The van der Waals surface area contributed by atoms with Gasteiger partial charge in [-0.05, 0) is 30.7 Å². The molecule has 0 radical (unpaired) electrons. The molecule has 21 heavy (non-hydrogen) atoms. The fourth-order valence-corrected chi connectivity index (χ4v) is 3.27. The number of aryl methyl sites for hydroxylation is 1. The molecule has 104 valence electrons. The minimum absolute atomic E-state index is 0.681. The van der Waals surface area contributed by atoms with Gasteiger partial charge in [0.05, 0.1) is 22.5 Å². The minimum Gasteiger partial charge on any atom is -0.356 e. The van der Waals surface area contributed by atoms with E-state index in [0.717, 1.165) is 22.0 Å². The number of benzene rings is 1. The van der Waals surface area contributed by atoms with Crippen LogP contribution in [-0.4, -0.2) is 14.4 Å². The van der Waals surface area contributed by atoms with E-state index in [9.17, 15) is 0 Å². The summed E-state index contributed by atoms with van der Waals surface area (Å²) < 4.78 is 3.26. The van der Waals surface area contributed by atoms with Gasteiger partial charge in [0.1, 0.15) is 5.65 Å². The van der Waals surface area contributed by atoms with Gasteiger partial charge in [0, 0.05) is 12.4 Å². The number of imidazole rings is 1. The van der Waals surface area contributed by atoms with E-state index >= 15 is 0 Å². The normalized spacial score (nSPS) is 11.3. The molecular weight excluding hydrogens is 280 g/mol. The van der Waals surface area contributed by atoms with Gasteiger partial charge in [0.15, 0.2) is 5.13 Å². The number of hydrogen-bond donors (Lipinski definition) is 1. The first-order valence-corrected chi connectivity index (χ1v) is 7.64. The Hall–Kier alpha value is -2.40. The molecule has 0 saturated carbocycles. The number of thiazole rings is 1. The minimum atomic E-state index is 0.681. The first-order valence-electron chi connectivity index (χ1n) is 6.82. The summed E-state index contributed by atoms with van der Waals surface area (Å²) in [5, 5.41) is 4.30. The maximum absolute atomic E-state index is 4.66. The summed E-state index contributed by atoms with van der Waals surface area (Å²) in [7, 11) is 0. The fraction of sp³-hybridized carbons (Fsp3) is 0.125. The van der Waals surface area contributed by atoms with Crippen LogP contribution in [0.15, 0.2) is 48.8 Å². The van der Waals surface area contributed by atoms with Gasteiger partial charge in [-0.15, -0.1) is 0 Å². The predicted molar refractivity (Wildman–Crippen MR) is 86.9 cm³/mol. The number of nitrogens with zero attached hydrogens (tertiary/aromatic N) is 3. The van der Waals surface area contributed by atoms with E-state index in [4.69, 9.17) is 0 Å². The number of anilines is 1. The number of para-hydroxylation sites is 1. The van der Waals surface area contributed by atoms with Crippen LogP contribution in [0.2, 0.25) is 0 Å². The molecular formula is C16H14N4S. The number of pyridine rings is 1. The van der Waals surface area contributed by atoms with E-state index in [-0.39, 0.29) is 0 Å². The van der Waals surface area contributed by atoms with Gasteiger partial charge in [-0.25, -0.2) is 9.97 Å².